The van der Waals surface area contributed by atoms with Crippen LogP contribution < -0.4 is 4.72 Å². The number of nitrogens with one attached hydrogen (secondary N) is 1. The Kier molecular flexibility index (Phi) is 4.33. The van der Waals surface area contributed by atoms with Crippen LogP contribution in [-0.4, -0.2) is 38.1 Å². The van der Waals surface area contributed by atoms with Gasteiger partial charge >= 0.3 is 11.9 Å². The van der Waals surface area contributed by atoms with Crippen molar-refractivity contribution in [1.29, 1.82) is 0 Å². The SMILES string of the molecule is COC(=O)C(C)(C)NS(=O)(=O)c1ccc(C(=O)O)s1. The molecule has 7 nitrogen and oxygen atoms in total. The van der Waals surface area contributed by atoms with E-state index in [1.807, 2.05) is 0 Å². The topological polar surface area (TPSA) is 110 Å². The lowest BCUT2D eigenvalue weighted by Gasteiger charge is -2.22. The van der Waals surface area contributed by atoms with Crippen molar-refractivity contribution in [1.82, 2.24) is 4.72 Å². The van der Waals surface area contributed by atoms with Gasteiger partial charge in [-0.2, -0.15) is 4.72 Å². The Bertz CT molecular complexity index is 601. The average Bonchev–Trinajstić information content (AvgIpc) is 2.76. The number of hydrogen-bond donors (Lipinski definition) is 2. The van der Waals surface area contributed by atoms with Crippen molar-refractivity contribution in [3.63, 3.8) is 0 Å². The summed E-state index contributed by atoms with van der Waals surface area (Å²) < 4.78 is 30.5. The molecule has 0 fully saturated rings. The smallest absolute Gasteiger partial charge is 0.345 e. The van der Waals surface area contributed by atoms with Gasteiger partial charge in [0.2, 0.25) is 0 Å². The predicted octanol–water partition coefficient (Wildman–Crippen LogP) is 0.676. The molecule has 0 spiro atoms. The van der Waals surface area contributed by atoms with Crippen LogP contribution >= 0.6 is 11.3 Å². The number of carbonyl (C=O) groups excluding carboxylic acids is 1. The highest BCUT2D eigenvalue weighted by atomic mass is 32.2. The van der Waals surface area contributed by atoms with Crippen LogP contribution in [0.3, 0.4) is 0 Å². The van der Waals surface area contributed by atoms with E-state index in [-0.39, 0.29) is 9.09 Å². The Morgan fingerprint density at radius 1 is 1.37 bits per heavy atom. The molecule has 0 aliphatic carbocycles. The van der Waals surface area contributed by atoms with Crippen LogP contribution in [-0.2, 0) is 19.6 Å². The first-order valence-corrected chi connectivity index (χ1v) is 7.35. The molecule has 9 heteroatoms. The molecule has 0 saturated heterocycles. The largest absolute Gasteiger partial charge is 0.477 e. The number of aromatic carboxylic acids is 1. The van der Waals surface area contributed by atoms with Gasteiger partial charge in [0, 0.05) is 0 Å². The van der Waals surface area contributed by atoms with Gasteiger partial charge < -0.3 is 9.84 Å². The average molecular weight is 307 g/mol. The third-order valence-corrected chi connectivity index (χ3v) is 5.36. The Morgan fingerprint density at radius 3 is 2.37 bits per heavy atom. The second-order valence-electron chi connectivity index (χ2n) is 4.15. The zero-order valence-electron chi connectivity index (χ0n) is 10.5. The van der Waals surface area contributed by atoms with Gasteiger partial charge in [-0.25, -0.2) is 13.2 Å². The first-order chi connectivity index (χ1) is 8.60. The van der Waals surface area contributed by atoms with Gasteiger partial charge in [0.05, 0.1) is 7.11 Å². The zero-order chi connectivity index (χ0) is 14.8. The number of thiophene rings is 1. The third-order valence-electron chi connectivity index (χ3n) is 2.14. The minimum atomic E-state index is -3.98. The maximum Gasteiger partial charge on any atom is 0.345 e. The molecular weight excluding hydrogens is 294 g/mol. The molecule has 0 bridgehead atoms. The lowest BCUT2D eigenvalue weighted by molar-refractivity contribution is -0.146. The van der Waals surface area contributed by atoms with E-state index in [0.717, 1.165) is 7.11 Å². The lowest BCUT2D eigenvalue weighted by Crippen LogP contribution is -2.49. The first kappa shape index (κ1) is 15.6. The molecule has 0 atom stereocenters. The number of hydrogen-bond acceptors (Lipinski definition) is 6. The Morgan fingerprint density at radius 2 is 1.95 bits per heavy atom. The van der Waals surface area contributed by atoms with E-state index in [1.54, 1.807) is 0 Å². The Hall–Kier alpha value is -1.45. The molecule has 0 unspecified atom stereocenters. The highest BCUT2D eigenvalue weighted by Gasteiger charge is 2.35. The minimum absolute atomic E-state index is 0.101. The highest BCUT2D eigenvalue weighted by molar-refractivity contribution is 7.91. The summed E-state index contributed by atoms with van der Waals surface area (Å²) in [5.74, 6) is -1.95. The molecule has 1 aromatic rings. The summed E-state index contributed by atoms with van der Waals surface area (Å²) in [6.45, 7) is 2.70. The molecule has 1 heterocycles. The molecular formula is C10H13NO6S2. The quantitative estimate of drug-likeness (QED) is 0.774. The fraction of sp³-hybridized carbons (Fsp3) is 0.400. The lowest BCUT2D eigenvalue weighted by atomic mass is 10.1. The summed E-state index contributed by atoms with van der Waals surface area (Å²) in [6.07, 6.45) is 0. The van der Waals surface area contributed by atoms with E-state index in [0.29, 0.717) is 11.3 Å². The van der Waals surface area contributed by atoms with Crippen molar-refractivity contribution < 1.29 is 27.9 Å². The molecule has 0 aliphatic heterocycles. The van der Waals surface area contributed by atoms with Crippen molar-refractivity contribution in [2.45, 2.75) is 23.6 Å². The molecule has 2 N–H and O–H groups in total. The van der Waals surface area contributed by atoms with Crippen molar-refractivity contribution >= 4 is 33.3 Å². The van der Waals surface area contributed by atoms with E-state index in [9.17, 15) is 18.0 Å². The summed E-state index contributed by atoms with van der Waals surface area (Å²) in [6, 6.07) is 2.36. The summed E-state index contributed by atoms with van der Waals surface area (Å²) in [5.41, 5.74) is -1.44. The molecule has 19 heavy (non-hydrogen) atoms. The molecule has 1 rings (SSSR count). The highest BCUT2D eigenvalue weighted by Crippen LogP contribution is 2.23. The molecule has 0 radical (unpaired) electrons. The second-order valence-corrected chi connectivity index (χ2v) is 7.14. The number of methoxy groups -OCH3 is 1. The van der Waals surface area contributed by atoms with E-state index in [1.165, 1.54) is 26.0 Å². The van der Waals surface area contributed by atoms with Crippen LogP contribution in [0.4, 0.5) is 0 Å². The van der Waals surface area contributed by atoms with Crippen molar-refractivity contribution in [3.8, 4) is 0 Å². The first-order valence-electron chi connectivity index (χ1n) is 5.05. The summed E-state index contributed by atoms with van der Waals surface area (Å²) in [5, 5.41) is 8.74. The summed E-state index contributed by atoms with van der Waals surface area (Å²) in [7, 11) is -2.84. The molecule has 0 aromatic carbocycles. The number of sulfonamides is 1. The third kappa shape index (κ3) is 3.52. The summed E-state index contributed by atoms with van der Waals surface area (Å²) >= 11 is 0.606. The minimum Gasteiger partial charge on any atom is -0.477 e. The van der Waals surface area contributed by atoms with Gasteiger partial charge in [0.15, 0.2) is 0 Å². The maximum atomic E-state index is 12.0. The molecule has 0 amide bonds. The van der Waals surface area contributed by atoms with Crippen molar-refractivity contribution in [3.05, 3.63) is 17.0 Å². The Labute approximate surface area is 114 Å². The normalized spacial score (nSPS) is 12.2. The van der Waals surface area contributed by atoms with E-state index >= 15 is 0 Å². The second kappa shape index (κ2) is 5.27. The van der Waals surface area contributed by atoms with Crippen LogP contribution in [0.2, 0.25) is 0 Å². The van der Waals surface area contributed by atoms with E-state index < -0.39 is 27.5 Å². The van der Waals surface area contributed by atoms with E-state index in [4.69, 9.17) is 5.11 Å². The number of carboxylic acids is 1. The van der Waals surface area contributed by atoms with Gasteiger partial charge in [-0.3, -0.25) is 4.79 Å². The monoisotopic (exact) mass is 307 g/mol. The predicted molar refractivity (Wildman–Crippen MR) is 67.7 cm³/mol. The number of carboxylic acid groups (broad SMARTS) is 1. The molecule has 106 valence electrons. The van der Waals surface area contributed by atoms with Crippen molar-refractivity contribution in [2.75, 3.05) is 7.11 Å². The van der Waals surface area contributed by atoms with Gasteiger partial charge in [-0.1, -0.05) is 0 Å². The fourth-order valence-electron chi connectivity index (χ4n) is 1.26. The number of ether oxygens (including phenoxy) is 1. The molecule has 1 aromatic heterocycles. The maximum absolute atomic E-state index is 12.0. The van der Waals surface area contributed by atoms with E-state index in [2.05, 4.69) is 9.46 Å². The fourth-order valence-corrected chi connectivity index (χ4v) is 3.77. The van der Waals surface area contributed by atoms with Crippen LogP contribution in [0.25, 0.3) is 0 Å². The van der Waals surface area contributed by atoms with Gasteiger partial charge in [0.25, 0.3) is 10.0 Å². The van der Waals surface area contributed by atoms with Gasteiger partial charge in [-0.15, -0.1) is 11.3 Å². The molecule has 0 aliphatic rings. The van der Waals surface area contributed by atoms with Crippen LogP contribution in [0.15, 0.2) is 16.3 Å². The zero-order valence-corrected chi connectivity index (χ0v) is 12.1. The Balaban J connectivity index is 3.04. The molecule has 0 saturated carbocycles. The van der Waals surface area contributed by atoms with Crippen molar-refractivity contribution in [2.24, 2.45) is 0 Å². The number of esters is 1. The van der Waals surface area contributed by atoms with Crippen LogP contribution in [0.5, 0.6) is 0 Å². The van der Waals surface area contributed by atoms with Crippen LogP contribution in [0, 0.1) is 0 Å². The number of rotatable bonds is 5. The van der Waals surface area contributed by atoms with Crippen LogP contribution in [0.1, 0.15) is 23.5 Å². The van der Waals surface area contributed by atoms with Gasteiger partial charge in [0.1, 0.15) is 14.6 Å². The number of carbonyl (C=O) groups is 2. The van der Waals surface area contributed by atoms with Gasteiger partial charge in [-0.05, 0) is 26.0 Å². The summed E-state index contributed by atoms with van der Waals surface area (Å²) in [4.78, 5) is 22.0. The standard InChI is InChI=1S/C10H13NO6S2/c1-10(2,9(14)17-3)11-19(15,16)7-5-4-6(18-7)8(12)13/h4-5,11H,1-3H3,(H,12,13).